The molecule has 0 radical (unpaired) electrons. The molecular formula is C18H16ClN3O. The molecule has 0 fully saturated rings. The van der Waals surface area contributed by atoms with Crippen molar-refractivity contribution in [3.05, 3.63) is 83.4 Å². The Kier molecular flexibility index (Phi) is 4.44. The number of benzene rings is 2. The van der Waals surface area contributed by atoms with E-state index in [2.05, 4.69) is 4.98 Å². The standard InChI is InChI=1S/C18H16ClN3O/c1-21(12-14-2-6-16(19)7-3-14)18(23)15-4-8-17(9-5-15)22-11-10-20-13-22/h2-11,13H,12H2,1H3. The smallest absolute Gasteiger partial charge is 0.253 e. The molecule has 3 rings (SSSR count). The van der Waals surface area contributed by atoms with Gasteiger partial charge in [-0.3, -0.25) is 4.79 Å². The Morgan fingerprint density at radius 3 is 2.43 bits per heavy atom. The Balaban J connectivity index is 1.70. The second kappa shape index (κ2) is 6.67. The predicted molar refractivity (Wildman–Crippen MR) is 90.8 cm³/mol. The van der Waals surface area contributed by atoms with Gasteiger partial charge >= 0.3 is 0 Å². The number of carbonyl (C=O) groups excluding carboxylic acids is 1. The van der Waals surface area contributed by atoms with E-state index in [0.29, 0.717) is 17.1 Å². The first-order valence-electron chi connectivity index (χ1n) is 7.22. The van der Waals surface area contributed by atoms with Crippen LogP contribution in [0.4, 0.5) is 0 Å². The Labute approximate surface area is 140 Å². The number of halogens is 1. The Bertz CT molecular complexity index is 780. The summed E-state index contributed by atoms with van der Waals surface area (Å²) in [5.41, 5.74) is 2.67. The van der Waals surface area contributed by atoms with Crippen molar-refractivity contribution in [2.24, 2.45) is 0 Å². The van der Waals surface area contributed by atoms with Crippen LogP contribution < -0.4 is 0 Å². The predicted octanol–water partition coefficient (Wildman–Crippen LogP) is 3.80. The van der Waals surface area contributed by atoms with Crippen LogP contribution in [0.2, 0.25) is 5.02 Å². The van der Waals surface area contributed by atoms with Crippen LogP contribution >= 0.6 is 11.6 Å². The number of amides is 1. The minimum absolute atomic E-state index is 0.0165. The van der Waals surface area contributed by atoms with E-state index in [9.17, 15) is 4.79 Å². The lowest BCUT2D eigenvalue weighted by atomic mass is 10.1. The molecule has 0 saturated carbocycles. The van der Waals surface area contributed by atoms with Gasteiger partial charge in [-0.05, 0) is 42.0 Å². The summed E-state index contributed by atoms with van der Waals surface area (Å²) in [7, 11) is 1.79. The molecule has 0 atom stereocenters. The van der Waals surface area contributed by atoms with Gasteiger partial charge in [0.1, 0.15) is 0 Å². The van der Waals surface area contributed by atoms with Crippen molar-refractivity contribution in [1.29, 1.82) is 0 Å². The number of rotatable bonds is 4. The van der Waals surface area contributed by atoms with Crippen LogP contribution in [0, 0.1) is 0 Å². The molecule has 0 saturated heterocycles. The largest absolute Gasteiger partial charge is 0.337 e. The van der Waals surface area contributed by atoms with E-state index < -0.39 is 0 Å². The van der Waals surface area contributed by atoms with E-state index >= 15 is 0 Å². The van der Waals surface area contributed by atoms with Gasteiger partial charge < -0.3 is 9.47 Å². The number of nitrogens with zero attached hydrogens (tertiary/aromatic N) is 3. The maximum absolute atomic E-state index is 12.5. The molecule has 0 spiro atoms. The number of aromatic nitrogens is 2. The first kappa shape index (κ1) is 15.3. The highest BCUT2D eigenvalue weighted by Crippen LogP contribution is 2.14. The minimum atomic E-state index is -0.0165. The van der Waals surface area contributed by atoms with Crippen LogP contribution in [0.1, 0.15) is 15.9 Å². The maximum atomic E-state index is 12.5. The molecule has 0 aliphatic rings. The van der Waals surface area contributed by atoms with Crippen molar-refractivity contribution in [2.45, 2.75) is 6.54 Å². The van der Waals surface area contributed by atoms with E-state index in [1.54, 1.807) is 24.5 Å². The normalized spacial score (nSPS) is 10.5. The quantitative estimate of drug-likeness (QED) is 0.732. The van der Waals surface area contributed by atoms with E-state index in [-0.39, 0.29) is 5.91 Å². The summed E-state index contributed by atoms with van der Waals surface area (Å²) in [6.45, 7) is 0.541. The number of hydrogen-bond acceptors (Lipinski definition) is 2. The molecule has 1 aromatic heterocycles. The molecular weight excluding hydrogens is 310 g/mol. The third-order valence-corrected chi connectivity index (χ3v) is 3.85. The van der Waals surface area contributed by atoms with Crippen LogP contribution in [0.15, 0.2) is 67.3 Å². The average Bonchev–Trinajstić information content (AvgIpc) is 3.11. The Morgan fingerprint density at radius 2 is 1.83 bits per heavy atom. The van der Waals surface area contributed by atoms with Crippen molar-refractivity contribution >= 4 is 17.5 Å². The zero-order chi connectivity index (χ0) is 16.2. The monoisotopic (exact) mass is 325 g/mol. The van der Waals surface area contributed by atoms with Crippen LogP contribution in [-0.2, 0) is 6.54 Å². The molecule has 0 aliphatic heterocycles. The van der Waals surface area contributed by atoms with Crippen molar-refractivity contribution in [1.82, 2.24) is 14.5 Å². The van der Waals surface area contributed by atoms with Gasteiger partial charge in [-0.1, -0.05) is 23.7 Å². The van der Waals surface area contributed by atoms with Gasteiger partial charge in [0.2, 0.25) is 0 Å². The van der Waals surface area contributed by atoms with Gasteiger partial charge in [0.25, 0.3) is 5.91 Å². The van der Waals surface area contributed by atoms with Gasteiger partial charge in [0.15, 0.2) is 0 Å². The lowest BCUT2D eigenvalue weighted by Gasteiger charge is -2.17. The summed E-state index contributed by atoms with van der Waals surface area (Å²) in [6.07, 6.45) is 5.31. The topological polar surface area (TPSA) is 38.1 Å². The Hall–Kier alpha value is -2.59. The van der Waals surface area contributed by atoms with Crippen LogP contribution in [0.25, 0.3) is 5.69 Å². The molecule has 23 heavy (non-hydrogen) atoms. The first-order valence-corrected chi connectivity index (χ1v) is 7.59. The van der Waals surface area contributed by atoms with Crippen molar-refractivity contribution in [3.63, 3.8) is 0 Å². The molecule has 4 nitrogen and oxygen atoms in total. The van der Waals surface area contributed by atoms with Crippen LogP contribution in [0.5, 0.6) is 0 Å². The third kappa shape index (κ3) is 3.60. The maximum Gasteiger partial charge on any atom is 0.253 e. The van der Waals surface area contributed by atoms with Gasteiger partial charge in [-0.15, -0.1) is 0 Å². The molecule has 0 aliphatic carbocycles. The molecule has 0 bridgehead atoms. The summed E-state index contributed by atoms with van der Waals surface area (Å²) < 4.78 is 1.89. The lowest BCUT2D eigenvalue weighted by molar-refractivity contribution is 0.0785. The van der Waals surface area contributed by atoms with Crippen molar-refractivity contribution in [3.8, 4) is 5.69 Å². The molecule has 1 amide bonds. The summed E-state index contributed by atoms with van der Waals surface area (Å²) >= 11 is 5.88. The van der Waals surface area contributed by atoms with Gasteiger partial charge in [0.05, 0.1) is 6.33 Å². The van der Waals surface area contributed by atoms with E-state index in [1.165, 1.54) is 0 Å². The van der Waals surface area contributed by atoms with E-state index in [1.807, 2.05) is 59.3 Å². The zero-order valence-corrected chi connectivity index (χ0v) is 13.4. The fourth-order valence-corrected chi connectivity index (χ4v) is 2.47. The summed E-state index contributed by atoms with van der Waals surface area (Å²) in [4.78, 5) is 18.2. The molecule has 3 aromatic rings. The van der Waals surface area contributed by atoms with Crippen LogP contribution in [-0.4, -0.2) is 27.4 Å². The second-order valence-electron chi connectivity index (χ2n) is 5.30. The van der Waals surface area contributed by atoms with E-state index in [0.717, 1.165) is 11.3 Å². The molecule has 116 valence electrons. The minimum Gasteiger partial charge on any atom is -0.337 e. The van der Waals surface area contributed by atoms with Gasteiger partial charge in [0, 0.05) is 42.3 Å². The van der Waals surface area contributed by atoms with Gasteiger partial charge in [-0.2, -0.15) is 0 Å². The highest BCUT2D eigenvalue weighted by Gasteiger charge is 2.12. The third-order valence-electron chi connectivity index (χ3n) is 3.60. The highest BCUT2D eigenvalue weighted by molar-refractivity contribution is 6.30. The molecule has 1 heterocycles. The highest BCUT2D eigenvalue weighted by atomic mass is 35.5. The molecule has 0 N–H and O–H groups in total. The first-order chi connectivity index (χ1) is 11.1. The number of imidazole rings is 1. The fraction of sp³-hybridized carbons (Fsp3) is 0.111. The van der Waals surface area contributed by atoms with Crippen molar-refractivity contribution in [2.75, 3.05) is 7.05 Å². The van der Waals surface area contributed by atoms with Crippen LogP contribution in [0.3, 0.4) is 0 Å². The summed E-state index contributed by atoms with van der Waals surface area (Å²) in [6, 6.07) is 15.0. The number of hydrogen-bond donors (Lipinski definition) is 0. The van der Waals surface area contributed by atoms with Gasteiger partial charge in [-0.25, -0.2) is 4.98 Å². The SMILES string of the molecule is CN(Cc1ccc(Cl)cc1)C(=O)c1ccc(-n2ccnc2)cc1. The van der Waals surface area contributed by atoms with E-state index in [4.69, 9.17) is 11.6 Å². The average molecular weight is 326 g/mol. The molecule has 5 heteroatoms. The molecule has 2 aromatic carbocycles. The summed E-state index contributed by atoms with van der Waals surface area (Å²) in [5, 5.41) is 0.692. The van der Waals surface area contributed by atoms with Crippen molar-refractivity contribution < 1.29 is 4.79 Å². The second-order valence-corrected chi connectivity index (χ2v) is 5.74. The summed E-state index contributed by atoms with van der Waals surface area (Å²) in [5.74, 6) is -0.0165. The molecule has 0 unspecified atom stereocenters. The lowest BCUT2D eigenvalue weighted by Crippen LogP contribution is -2.26. The number of carbonyl (C=O) groups is 1. The fourth-order valence-electron chi connectivity index (χ4n) is 2.34. The Morgan fingerprint density at radius 1 is 1.13 bits per heavy atom. The zero-order valence-electron chi connectivity index (χ0n) is 12.7.